The Hall–Kier alpha value is -0.910. The fourth-order valence-electron chi connectivity index (χ4n) is 4.95. The summed E-state index contributed by atoms with van der Waals surface area (Å²) in [6, 6.07) is 0. The summed E-state index contributed by atoms with van der Waals surface area (Å²) in [6.07, 6.45) is 4.85. The van der Waals surface area contributed by atoms with Gasteiger partial charge in [0.2, 0.25) is 0 Å². The smallest absolute Gasteiger partial charge is 0.257 e. The predicted octanol–water partition coefficient (Wildman–Crippen LogP) is 2.65. The summed E-state index contributed by atoms with van der Waals surface area (Å²) in [7, 11) is 0. The molecule has 0 N–H and O–H groups in total. The van der Waals surface area contributed by atoms with Crippen LogP contribution in [0.3, 0.4) is 0 Å². The Balaban J connectivity index is 2.04. The van der Waals surface area contributed by atoms with Crippen LogP contribution >= 0.6 is 11.6 Å². The molecular formula is C11H15ClN2O4. The first kappa shape index (κ1) is 12.1. The SMILES string of the molecule is O=[N+]([O-])C(Cl)([N+](=O)[O-])C12CC3CC(CC(C3)C1)C2. The fraction of sp³-hybridized carbons (Fsp3) is 1.00. The quantitative estimate of drug-likeness (QED) is 0.260. The van der Waals surface area contributed by atoms with Gasteiger partial charge in [-0.3, -0.25) is 20.2 Å². The Bertz CT molecular complexity index is 376. The third-order valence-corrected chi connectivity index (χ3v) is 5.87. The highest BCUT2D eigenvalue weighted by Gasteiger charge is 2.75. The number of rotatable bonds is 3. The number of hydrogen-bond donors (Lipinski definition) is 0. The average Bonchev–Trinajstić information content (AvgIpc) is 2.25. The molecule has 4 fully saturated rings. The van der Waals surface area contributed by atoms with Crippen molar-refractivity contribution in [2.45, 2.75) is 43.6 Å². The van der Waals surface area contributed by atoms with Crippen LogP contribution in [0.15, 0.2) is 0 Å². The first-order valence-electron chi connectivity index (χ1n) is 6.35. The van der Waals surface area contributed by atoms with E-state index in [0.717, 1.165) is 19.3 Å². The molecule has 0 aromatic rings. The van der Waals surface area contributed by atoms with Crippen molar-refractivity contribution >= 4 is 11.6 Å². The first-order valence-corrected chi connectivity index (χ1v) is 6.73. The van der Waals surface area contributed by atoms with Gasteiger partial charge in [0.05, 0.1) is 0 Å². The van der Waals surface area contributed by atoms with Gasteiger partial charge in [0.1, 0.15) is 15.3 Å². The maximum absolute atomic E-state index is 11.2. The third kappa shape index (κ3) is 1.35. The van der Waals surface area contributed by atoms with Crippen LogP contribution in [0.4, 0.5) is 0 Å². The van der Waals surface area contributed by atoms with Crippen LogP contribution in [0.5, 0.6) is 0 Å². The van der Waals surface area contributed by atoms with E-state index in [1.807, 2.05) is 0 Å². The molecule has 0 aromatic heterocycles. The van der Waals surface area contributed by atoms with E-state index in [1.54, 1.807) is 0 Å². The molecule has 100 valence electrons. The third-order valence-electron chi connectivity index (χ3n) is 5.20. The van der Waals surface area contributed by atoms with Gasteiger partial charge in [-0.2, -0.15) is 0 Å². The Kier molecular flexibility index (Phi) is 2.40. The molecule has 0 radical (unpaired) electrons. The van der Waals surface area contributed by atoms with Crippen molar-refractivity contribution in [1.82, 2.24) is 0 Å². The first-order chi connectivity index (χ1) is 8.37. The fourth-order valence-corrected chi connectivity index (χ4v) is 5.19. The van der Waals surface area contributed by atoms with Crippen LogP contribution in [0, 0.1) is 43.4 Å². The predicted molar refractivity (Wildman–Crippen MR) is 63.2 cm³/mol. The largest absolute Gasteiger partial charge is 0.542 e. The summed E-state index contributed by atoms with van der Waals surface area (Å²) < 4.78 is 0. The summed E-state index contributed by atoms with van der Waals surface area (Å²) in [5.41, 5.74) is -0.934. The lowest BCUT2D eigenvalue weighted by atomic mass is 9.48. The number of alkyl halides is 1. The van der Waals surface area contributed by atoms with Crippen LogP contribution in [-0.4, -0.2) is 15.0 Å². The molecule has 6 nitrogen and oxygen atoms in total. The summed E-state index contributed by atoms with van der Waals surface area (Å²) in [5, 5.41) is 19.9. The zero-order chi connectivity index (χ0) is 13.1. The Morgan fingerprint density at radius 3 is 1.56 bits per heavy atom. The number of halogens is 1. The van der Waals surface area contributed by atoms with Crippen molar-refractivity contribution in [3.8, 4) is 0 Å². The number of nitro groups is 2. The molecule has 4 bridgehead atoms. The number of nitrogens with zero attached hydrogens (tertiary/aromatic N) is 2. The molecule has 0 aromatic carbocycles. The molecule has 0 atom stereocenters. The van der Waals surface area contributed by atoms with E-state index < -0.39 is 20.4 Å². The van der Waals surface area contributed by atoms with Gasteiger partial charge in [-0.15, -0.1) is 0 Å². The van der Waals surface area contributed by atoms with Gasteiger partial charge in [-0.1, -0.05) is 0 Å². The Labute approximate surface area is 109 Å². The van der Waals surface area contributed by atoms with Crippen LogP contribution in [0.25, 0.3) is 0 Å². The summed E-state index contributed by atoms with van der Waals surface area (Å²) in [4.78, 5) is 20.7. The van der Waals surface area contributed by atoms with Crippen LogP contribution in [0.1, 0.15) is 38.5 Å². The molecule has 0 saturated heterocycles. The van der Waals surface area contributed by atoms with Gasteiger partial charge in [0, 0.05) is 11.6 Å². The van der Waals surface area contributed by atoms with Crippen molar-refractivity contribution in [3.05, 3.63) is 20.2 Å². The maximum atomic E-state index is 11.2. The molecule has 4 rings (SSSR count). The van der Waals surface area contributed by atoms with E-state index in [4.69, 9.17) is 11.6 Å². The number of hydrogen-bond acceptors (Lipinski definition) is 4. The summed E-state index contributed by atoms with van der Waals surface area (Å²) in [5.74, 6) is 1.19. The molecule has 0 heterocycles. The normalized spacial score (nSPS) is 41.9. The van der Waals surface area contributed by atoms with Crippen molar-refractivity contribution < 1.29 is 9.85 Å². The molecule has 0 spiro atoms. The highest BCUT2D eigenvalue weighted by atomic mass is 35.5. The van der Waals surface area contributed by atoms with Crippen LogP contribution in [0.2, 0.25) is 0 Å². The van der Waals surface area contributed by atoms with Gasteiger partial charge in [0.25, 0.3) is 0 Å². The minimum Gasteiger partial charge on any atom is -0.257 e. The topological polar surface area (TPSA) is 86.3 Å². The van der Waals surface area contributed by atoms with Gasteiger partial charge < -0.3 is 0 Å². The molecule has 4 saturated carbocycles. The Morgan fingerprint density at radius 2 is 1.28 bits per heavy atom. The lowest BCUT2D eigenvalue weighted by molar-refractivity contribution is -0.788. The van der Waals surface area contributed by atoms with Crippen molar-refractivity contribution in [2.24, 2.45) is 23.2 Å². The van der Waals surface area contributed by atoms with E-state index >= 15 is 0 Å². The van der Waals surface area contributed by atoms with E-state index in [2.05, 4.69) is 0 Å². The van der Waals surface area contributed by atoms with Gasteiger partial charge in [-0.05, 0) is 56.3 Å². The second-order valence-electron chi connectivity index (χ2n) is 6.30. The molecule has 4 aliphatic rings. The van der Waals surface area contributed by atoms with Crippen molar-refractivity contribution in [1.29, 1.82) is 0 Å². The zero-order valence-electron chi connectivity index (χ0n) is 9.88. The molecule has 18 heavy (non-hydrogen) atoms. The highest BCUT2D eigenvalue weighted by Crippen LogP contribution is 2.65. The molecule has 0 amide bonds. The van der Waals surface area contributed by atoms with E-state index in [-0.39, 0.29) is 0 Å². The van der Waals surface area contributed by atoms with E-state index in [1.165, 1.54) is 0 Å². The second kappa shape index (κ2) is 3.56. The second-order valence-corrected chi connectivity index (χ2v) is 6.83. The monoisotopic (exact) mass is 274 g/mol. The van der Waals surface area contributed by atoms with Crippen molar-refractivity contribution in [2.75, 3.05) is 0 Å². The van der Waals surface area contributed by atoms with Crippen LogP contribution in [-0.2, 0) is 0 Å². The van der Waals surface area contributed by atoms with E-state index in [9.17, 15) is 20.2 Å². The standard InChI is InChI=1S/C11H15ClN2O4/c12-11(13(15)16,14(17)18)10-4-7-1-8(5-10)3-9(2-7)6-10/h7-9H,1-6H2. The summed E-state index contributed by atoms with van der Waals surface area (Å²) in [6.45, 7) is 0. The maximum Gasteiger partial charge on any atom is 0.542 e. The molecule has 0 aliphatic heterocycles. The van der Waals surface area contributed by atoms with Gasteiger partial charge in [-0.25, -0.2) is 0 Å². The molecule has 7 heteroatoms. The molecule has 4 aliphatic carbocycles. The van der Waals surface area contributed by atoms with E-state index in [0.29, 0.717) is 37.0 Å². The molecular weight excluding hydrogens is 260 g/mol. The highest BCUT2D eigenvalue weighted by molar-refractivity contribution is 6.22. The van der Waals surface area contributed by atoms with Crippen molar-refractivity contribution in [3.63, 3.8) is 0 Å². The Morgan fingerprint density at radius 1 is 0.944 bits per heavy atom. The van der Waals surface area contributed by atoms with Gasteiger partial charge in [0.15, 0.2) is 0 Å². The van der Waals surface area contributed by atoms with Gasteiger partial charge >= 0.3 is 5.12 Å². The lowest BCUT2D eigenvalue weighted by Gasteiger charge is -2.55. The molecule has 0 unspecified atom stereocenters. The van der Waals surface area contributed by atoms with Crippen LogP contribution < -0.4 is 0 Å². The minimum absolute atomic E-state index is 0.397. The minimum atomic E-state index is -2.52. The zero-order valence-corrected chi connectivity index (χ0v) is 10.6. The summed E-state index contributed by atoms with van der Waals surface area (Å²) >= 11 is 5.93. The lowest BCUT2D eigenvalue weighted by Crippen LogP contribution is -2.62. The average molecular weight is 275 g/mol.